The van der Waals surface area contributed by atoms with E-state index >= 15 is 0 Å². The molecule has 7 heteroatoms. The van der Waals surface area contributed by atoms with Crippen LogP contribution in [0.1, 0.15) is 27.3 Å². The Labute approximate surface area is 173 Å². The molecule has 29 heavy (non-hydrogen) atoms. The molecule has 4 aromatic rings. The first-order valence-corrected chi connectivity index (χ1v) is 9.56. The lowest BCUT2D eigenvalue weighted by atomic mass is 10.2. The van der Waals surface area contributed by atoms with Crippen LogP contribution in [-0.4, -0.2) is 25.5 Å². The molecule has 146 valence electrons. The standard InChI is InChI=1S/C22H20ClN5O/c1-14-7-4-5-10-20(14)27-16(3)19(13-24-27)22(29)25-21-11-15(2)26-28(21)18-9-6-8-17(23)12-18/h4-13H,1-3H3,(H,25,29). The quantitative estimate of drug-likeness (QED) is 0.525. The van der Waals surface area contributed by atoms with Crippen molar-refractivity contribution >= 4 is 23.3 Å². The van der Waals surface area contributed by atoms with Gasteiger partial charge in [-0.15, -0.1) is 0 Å². The van der Waals surface area contributed by atoms with Gasteiger partial charge in [0.1, 0.15) is 5.82 Å². The molecule has 0 saturated heterocycles. The van der Waals surface area contributed by atoms with Crippen molar-refractivity contribution in [3.8, 4) is 11.4 Å². The minimum absolute atomic E-state index is 0.245. The fourth-order valence-electron chi connectivity index (χ4n) is 3.25. The number of aromatic nitrogens is 4. The predicted molar refractivity (Wildman–Crippen MR) is 114 cm³/mol. The maximum atomic E-state index is 13.0. The molecular weight excluding hydrogens is 386 g/mol. The molecule has 0 spiro atoms. The van der Waals surface area contributed by atoms with Crippen molar-refractivity contribution in [3.63, 3.8) is 0 Å². The van der Waals surface area contributed by atoms with Gasteiger partial charge in [0.25, 0.3) is 5.91 Å². The zero-order valence-electron chi connectivity index (χ0n) is 16.3. The molecule has 4 rings (SSSR count). The van der Waals surface area contributed by atoms with Crippen molar-refractivity contribution in [1.29, 1.82) is 0 Å². The maximum absolute atomic E-state index is 13.0. The molecule has 0 atom stereocenters. The second kappa shape index (κ2) is 7.56. The Morgan fingerprint density at radius 3 is 2.55 bits per heavy atom. The number of carbonyl (C=O) groups is 1. The van der Waals surface area contributed by atoms with Gasteiger partial charge in [0.05, 0.1) is 34.5 Å². The lowest BCUT2D eigenvalue weighted by Crippen LogP contribution is -2.16. The zero-order valence-corrected chi connectivity index (χ0v) is 17.1. The van der Waals surface area contributed by atoms with Crippen LogP contribution in [0.4, 0.5) is 5.82 Å². The third-order valence-corrected chi connectivity index (χ3v) is 4.96. The number of nitrogens with zero attached hydrogens (tertiary/aromatic N) is 4. The highest BCUT2D eigenvalue weighted by Crippen LogP contribution is 2.22. The highest BCUT2D eigenvalue weighted by molar-refractivity contribution is 6.30. The van der Waals surface area contributed by atoms with Crippen LogP contribution in [0.3, 0.4) is 0 Å². The van der Waals surface area contributed by atoms with E-state index in [1.54, 1.807) is 27.7 Å². The van der Waals surface area contributed by atoms with Crippen molar-refractivity contribution in [2.75, 3.05) is 5.32 Å². The zero-order chi connectivity index (χ0) is 20.5. The molecule has 0 saturated carbocycles. The number of para-hydroxylation sites is 1. The minimum atomic E-state index is -0.245. The Morgan fingerprint density at radius 2 is 1.79 bits per heavy atom. The van der Waals surface area contributed by atoms with E-state index in [9.17, 15) is 4.79 Å². The molecule has 6 nitrogen and oxygen atoms in total. The molecule has 0 aliphatic rings. The van der Waals surface area contributed by atoms with Crippen molar-refractivity contribution < 1.29 is 4.79 Å². The third-order valence-electron chi connectivity index (χ3n) is 4.72. The molecule has 2 aromatic carbocycles. The summed E-state index contributed by atoms with van der Waals surface area (Å²) >= 11 is 6.11. The van der Waals surface area contributed by atoms with E-state index < -0.39 is 0 Å². The Hall–Kier alpha value is -3.38. The summed E-state index contributed by atoms with van der Waals surface area (Å²) in [7, 11) is 0. The first-order chi connectivity index (χ1) is 13.9. The Bertz CT molecular complexity index is 1210. The minimum Gasteiger partial charge on any atom is -0.306 e. The van der Waals surface area contributed by atoms with Crippen LogP contribution in [0.15, 0.2) is 60.8 Å². The highest BCUT2D eigenvalue weighted by Gasteiger charge is 2.18. The fourth-order valence-corrected chi connectivity index (χ4v) is 3.44. The smallest absolute Gasteiger partial charge is 0.260 e. The van der Waals surface area contributed by atoms with Crippen LogP contribution in [0.25, 0.3) is 11.4 Å². The van der Waals surface area contributed by atoms with E-state index in [4.69, 9.17) is 11.6 Å². The normalized spacial score (nSPS) is 10.9. The monoisotopic (exact) mass is 405 g/mol. The average Bonchev–Trinajstić information content (AvgIpc) is 3.24. The summed E-state index contributed by atoms with van der Waals surface area (Å²) < 4.78 is 3.45. The van der Waals surface area contributed by atoms with E-state index in [0.717, 1.165) is 28.3 Å². The van der Waals surface area contributed by atoms with Gasteiger partial charge < -0.3 is 5.32 Å². The molecule has 2 heterocycles. The lowest BCUT2D eigenvalue weighted by molar-refractivity contribution is 0.102. The number of aryl methyl sites for hydroxylation is 2. The molecule has 0 bridgehead atoms. The molecule has 0 unspecified atom stereocenters. The van der Waals surface area contributed by atoms with Crippen LogP contribution in [0.5, 0.6) is 0 Å². The summed E-state index contributed by atoms with van der Waals surface area (Å²) in [6.07, 6.45) is 1.59. The molecule has 0 radical (unpaired) electrons. The van der Waals surface area contributed by atoms with Gasteiger partial charge in [-0.05, 0) is 50.6 Å². The number of amides is 1. The summed E-state index contributed by atoms with van der Waals surface area (Å²) in [5.41, 5.74) is 4.86. The highest BCUT2D eigenvalue weighted by atomic mass is 35.5. The Kier molecular flexibility index (Phi) is 4.94. The van der Waals surface area contributed by atoms with Gasteiger partial charge in [-0.2, -0.15) is 10.2 Å². The number of rotatable bonds is 4. The van der Waals surface area contributed by atoms with Crippen LogP contribution >= 0.6 is 11.6 Å². The van der Waals surface area contributed by atoms with Crippen LogP contribution in [-0.2, 0) is 0 Å². The lowest BCUT2D eigenvalue weighted by Gasteiger charge is -2.10. The largest absolute Gasteiger partial charge is 0.306 e. The molecule has 2 aromatic heterocycles. The topological polar surface area (TPSA) is 64.7 Å². The van der Waals surface area contributed by atoms with Gasteiger partial charge in [-0.1, -0.05) is 35.9 Å². The predicted octanol–water partition coefficient (Wildman–Crippen LogP) is 4.89. The maximum Gasteiger partial charge on any atom is 0.260 e. The van der Waals surface area contributed by atoms with Gasteiger partial charge in [0.2, 0.25) is 0 Å². The second-order valence-electron chi connectivity index (χ2n) is 6.86. The number of hydrogen-bond donors (Lipinski definition) is 1. The average molecular weight is 406 g/mol. The van der Waals surface area contributed by atoms with Gasteiger partial charge in [-0.3, -0.25) is 4.79 Å². The van der Waals surface area contributed by atoms with Gasteiger partial charge in [0.15, 0.2) is 0 Å². The summed E-state index contributed by atoms with van der Waals surface area (Å²) in [4.78, 5) is 13.0. The van der Waals surface area contributed by atoms with Crippen molar-refractivity contribution in [2.24, 2.45) is 0 Å². The third kappa shape index (κ3) is 3.67. The number of carbonyl (C=O) groups excluding carboxylic acids is 1. The SMILES string of the molecule is Cc1cc(NC(=O)c2cnn(-c3ccccc3C)c2C)n(-c2cccc(Cl)c2)n1. The fraction of sp³-hybridized carbons (Fsp3) is 0.136. The molecule has 1 N–H and O–H groups in total. The number of benzene rings is 2. The molecule has 0 aliphatic heterocycles. The molecule has 0 aliphatic carbocycles. The number of hydrogen-bond acceptors (Lipinski definition) is 3. The van der Waals surface area contributed by atoms with Crippen molar-refractivity contribution in [3.05, 3.63) is 88.3 Å². The van der Waals surface area contributed by atoms with Gasteiger partial charge in [-0.25, -0.2) is 9.36 Å². The van der Waals surface area contributed by atoms with Gasteiger partial charge in [0, 0.05) is 11.1 Å². The number of halogens is 1. The number of nitrogens with one attached hydrogen (secondary N) is 1. The summed E-state index contributed by atoms with van der Waals surface area (Å²) in [6, 6.07) is 17.1. The van der Waals surface area contributed by atoms with Crippen molar-refractivity contribution in [1.82, 2.24) is 19.6 Å². The molecule has 1 amide bonds. The summed E-state index contributed by atoms with van der Waals surface area (Å²) in [5, 5.41) is 12.5. The Morgan fingerprint density at radius 1 is 1.00 bits per heavy atom. The van der Waals surface area contributed by atoms with Crippen molar-refractivity contribution in [2.45, 2.75) is 20.8 Å². The second-order valence-corrected chi connectivity index (χ2v) is 7.30. The van der Waals surface area contributed by atoms with E-state index in [1.165, 1.54) is 0 Å². The first kappa shape index (κ1) is 19.0. The van der Waals surface area contributed by atoms with Crippen LogP contribution in [0.2, 0.25) is 5.02 Å². The Balaban J connectivity index is 1.66. The summed E-state index contributed by atoms with van der Waals surface area (Å²) in [5.74, 6) is 0.323. The first-order valence-electron chi connectivity index (χ1n) is 9.18. The molecular formula is C22H20ClN5O. The van der Waals surface area contributed by atoms with Gasteiger partial charge >= 0.3 is 0 Å². The van der Waals surface area contributed by atoms with Crippen LogP contribution in [0, 0.1) is 20.8 Å². The van der Waals surface area contributed by atoms with E-state index in [0.29, 0.717) is 16.4 Å². The molecule has 0 fully saturated rings. The van der Waals surface area contributed by atoms with E-state index in [2.05, 4.69) is 15.5 Å². The number of anilines is 1. The summed E-state index contributed by atoms with van der Waals surface area (Å²) in [6.45, 7) is 5.77. The van der Waals surface area contributed by atoms with E-state index in [-0.39, 0.29) is 5.91 Å². The van der Waals surface area contributed by atoms with Crippen LogP contribution < -0.4 is 5.32 Å². The van der Waals surface area contributed by atoms with E-state index in [1.807, 2.05) is 63.2 Å².